The summed E-state index contributed by atoms with van der Waals surface area (Å²) in [4.78, 5) is 10.4. The van der Waals surface area contributed by atoms with Gasteiger partial charge in [-0.1, -0.05) is 0 Å². The molecule has 0 radical (unpaired) electrons. The van der Waals surface area contributed by atoms with Crippen molar-refractivity contribution < 1.29 is 26.4 Å². The van der Waals surface area contributed by atoms with E-state index in [0.717, 1.165) is 0 Å². The minimum Gasteiger partial charge on any atom is -0.302 e. The second-order valence-corrected chi connectivity index (χ2v) is 6.45. The van der Waals surface area contributed by atoms with E-state index in [0.29, 0.717) is 0 Å². The molecule has 0 aromatic carbocycles. The van der Waals surface area contributed by atoms with Gasteiger partial charge in [0.15, 0.2) is 9.84 Å². The van der Waals surface area contributed by atoms with E-state index in [9.17, 15) is 26.4 Å². The molecule has 0 heterocycles. The van der Waals surface area contributed by atoms with Crippen LogP contribution in [0.4, 0.5) is 13.2 Å². The van der Waals surface area contributed by atoms with E-state index < -0.39 is 39.4 Å². The number of carbonyl (C=O) groups is 1. The Bertz CT molecular complexity index is 317. The molecule has 0 aromatic heterocycles. The Balaban J connectivity index is 4.37. The van der Waals surface area contributed by atoms with Crippen molar-refractivity contribution in [3.8, 4) is 0 Å². The quantitative estimate of drug-likeness (QED) is 0.694. The molecule has 0 bridgehead atoms. The Hall–Kier alpha value is -0.590. The molecule has 0 saturated carbocycles. The summed E-state index contributed by atoms with van der Waals surface area (Å²) in [5.41, 5.74) is 0. The van der Waals surface area contributed by atoms with Gasteiger partial charge in [0.25, 0.3) is 0 Å². The van der Waals surface area contributed by atoms with Gasteiger partial charge in [-0.05, 0) is 20.3 Å². The van der Waals surface area contributed by atoms with Gasteiger partial charge in [0.1, 0.15) is 11.0 Å². The van der Waals surface area contributed by atoms with Crippen LogP contribution in [-0.4, -0.2) is 31.4 Å². The van der Waals surface area contributed by atoms with E-state index in [1.807, 2.05) is 0 Å². The number of carbonyl (C=O) groups excluding carboxylic acids is 1. The smallest absolute Gasteiger partial charge is 0.302 e. The maximum absolute atomic E-state index is 11.7. The molecule has 0 unspecified atom stereocenters. The SMILES string of the molecule is CC(C)(C=O)S(=O)(=O)CCCC(F)(F)F. The molecule has 0 fully saturated rings. The van der Waals surface area contributed by atoms with Crippen molar-refractivity contribution in [3.05, 3.63) is 0 Å². The zero-order chi connectivity index (χ0) is 12.3. The number of halogens is 3. The fourth-order valence-corrected chi connectivity index (χ4v) is 2.00. The summed E-state index contributed by atoms with van der Waals surface area (Å²) < 4.78 is 56.4. The highest BCUT2D eigenvalue weighted by atomic mass is 32.2. The van der Waals surface area contributed by atoms with Crippen molar-refractivity contribution >= 4 is 16.1 Å². The number of sulfone groups is 1. The van der Waals surface area contributed by atoms with Crippen LogP contribution in [0.2, 0.25) is 0 Å². The molecule has 0 atom stereocenters. The molecule has 90 valence electrons. The lowest BCUT2D eigenvalue weighted by molar-refractivity contribution is -0.134. The van der Waals surface area contributed by atoms with Crippen LogP contribution in [0.15, 0.2) is 0 Å². The fraction of sp³-hybridized carbons (Fsp3) is 0.875. The number of rotatable bonds is 5. The summed E-state index contributed by atoms with van der Waals surface area (Å²) in [5.74, 6) is -0.627. The van der Waals surface area contributed by atoms with Gasteiger partial charge in [0.05, 0.1) is 5.75 Å². The number of hydrogen-bond acceptors (Lipinski definition) is 3. The monoisotopic (exact) mass is 246 g/mol. The van der Waals surface area contributed by atoms with E-state index in [-0.39, 0.29) is 6.29 Å². The van der Waals surface area contributed by atoms with Crippen LogP contribution >= 0.6 is 0 Å². The van der Waals surface area contributed by atoms with E-state index in [2.05, 4.69) is 0 Å². The Morgan fingerprint density at radius 2 is 1.67 bits per heavy atom. The second-order valence-electron chi connectivity index (χ2n) is 3.76. The lowest BCUT2D eigenvalue weighted by atomic mass is 10.2. The van der Waals surface area contributed by atoms with Crippen LogP contribution in [0, 0.1) is 0 Å². The molecule has 0 spiro atoms. The third-order valence-corrected chi connectivity index (χ3v) is 4.48. The Kier molecular flexibility index (Phi) is 4.33. The molecule has 0 amide bonds. The maximum Gasteiger partial charge on any atom is 0.389 e. The van der Waals surface area contributed by atoms with Crippen LogP contribution in [-0.2, 0) is 14.6 Å². The number of hydrogen-bond donors (Lipinski definition) is 0. The summed E-state index contributed by atoms with van der Waals surface area (Å²) in [6, 6.07) is 0. The van der Waals surface area contributed by atoms with Gasteiger partial charge < -0.3 is 4.79 Å². The van der Waals surface area contributed by atoms with E-state index in [1.165, 1.54) is 13.8 Å². The lowest BCUT2D eigenvalue weighted by Crippen LogP contribution is -2.35. The molecule has 0 saturated heterocycles. The summed E-state index contributed by atoms with van der Waals surface area (Å²) in [7, 11) is -3.80. The molecule has 7 heteroatoms. The summed E-state index contributed by atoms with van der Waals surface area (Å²) in [6.07, 6.45) is -5.79. The molecule has 15 heavy (non-hydrogen) atoms. The number of alkyl halides is 3. The first-order valence-electron chi connectivity index (χ1n) is 4.27. The van der Waals surface area contributed by atoms with Crippen molar-refractivity contribution in [2.24, 2.45) is 0 Å². The average Bonchev–Trinajstić information content (AvgIpc) is 2.01. The van der Waals surface area contributed by atoms with Gasteiger partial charge in [-0.15, -0.1) is 0 Å². The van der Waals surface area contributed by atoms with E-state index in [1.54, 1.807) is 0 Å². The standard InChI is InChI=1S/C8H13F3O3S/c1-7(2,6-12)15(13,14)5-3-4-8(9,10)11/h6H,3-5H2,1-2H3. The van der Waals surface area contributed by atoms with Crippen LogP contribution in [0.1, 0.15) is 26.7 Å². The van der Waals surface area contributed by atoms with Crippen LogP contribution < -0.4 is 0 Å². The molecular weight excluding hydrogens is 233 g/mol. The molecule has 0 aromatic rings. The Morgan fingerprint density at radius 1 is 1.20 bits per heavy atom. The highest BCUT2D eigenvalue weighted by Gasteiger charge is 2.35. The first kappa shape index (κ1) is 14.4. The topological polar surface area (TPSA) is 51.2 Å². The van der Waals surface area contributed by atoms with Gasteiger partial charge >= 0.3 is 6.18 Å². The molecular formula is C8H13F3O3S. The van der Waals surface area contributed by atoms with E-state index >= 15 is 0 Å². The highest BCUT2D eigenvalue weighted by molar-refractivity contribution is 7.93. The summed E-state index contributed by atoms with van der Waals surface area (Å²) in [5, 5.41) is 0. The predicted molar refractivity (Wildman–Crippen MR) is 49.2 cm³/mol. The van der Waals surface area contributed by atoms with Crippen LogP contribution in [0.5, 0.6) is 0 Å². The van der Waals surface area contributed by atoms with Crippen molar-refractivity contribution in [3.63, 3.8) is 0 Å². The van der Waals surface area contributed by atoms with E-state index in [4.69, 9.17) is 0 Å². The Labute approximate surface area is 86.6 Å². The first-order valence-corrected chi connectivity index (χ1v) is 5.92. The summed E-state index contributed by atoms with van der Waals surface area (Å²) in [6.45, 7) is 2.34. The van der Waals surface area contributed by atoms with Gasteiger partial charge in [0, 0.05) is 6.42 Å². The molecule has 0 aliphatic rings. The fourth-order valence-electron chi connectivity index (χ4n) is 0.799. The predicted octanol–water partition coefficient (Wildman–Crippen LogP) is 1.72. The highest BCUT2D eigenvalue weighted by Crippen LogP contribution is 2.23. The largest absolute Gasteiger partial charge is 0.389 e. The maximum atomic E-state index is 11.7. The van der Waals surface area contributed by atoms with Crippen molar-refractivity contribution in [2.45, 2.75) is 37.6 Å². The zero-order valence-electron chi connectivity index (χ0n) is 8.47. The molecule has 0 aliphatic carbocycles. The molecule has 0 aliphatic heterocycles. The van der Waals surface area contributed by atoms with Gasteiger partial charge in [-0.3, -0.25) is 0 Å². The first-order chi connectivity index (χ1) is 6.52. The third kappa shape index (κ3) is 4.63. The van der Waals surface area contributed by atoms with Gasteiger partial charge in [-0.2, -0.15) is 13.2 Å². The average molecular weight is 246 g/mol. The molecule has 3 nitrogen and oxygen atoms in total. The summed E-state index contributed by atoms with van der Waals surface area (Å²) >= 11 is 0. The molecule has 0 rings (SSSR count). The van der Waals surface area contributed by atoms with Crippen LogP contribution in [0.3, 0.4) is 0 Å². The second kappa shape index (κ2) is 4.51. The minimum absolute atomic E-state index is 0.232. The van der Waals surface area contributed by atoms with Gasteiger partial charge in [-0.25, -0.2) is 8.42 Å². The van der Waals surface area contributed by atoms with Crippen molar-refractivity contribution in [1.82, 2.24) is 0 Å². The van der Waals surface area contributed by atoms with Gasteiger partial charge in [0.2, 0.25) is 0 Å². The zero-order valence-corrected chi connectivity index (χ0v) is 9.28. The number of aldehydes is 1. The molecule has 0 N–H and O–H groups in total. The normalized spacial score (nSPS) is 13.9. The third-order valence-electron chi connectivity index (χ3n) is 1.96. The lowest BCUT2D eigenvalue weighted by Gasteiger charge is -2.17. The van der Waals surface area contributed by atoms with Crippen molar-refractivity contribution in [1.29, 1.82) is 0 Å². The Morgan fingerprint density at radius 3 is 2.00 bits per heavy atom. The minimum atomic E-state index is -4.36. The van der Waals surface area contributed by atoms with Crippen LogP contribution in [0.25, 0.3) is 0 Å². The van der Waals surface area contributed by atoms with Crippen molar-refractivity contribution in [2.75, 3.05) is 5.75 Å².